The fourth-order valence-electron chi connectivity index (χ4n) is 3.11. The second kappa shape index (κ2) is 9.33. The molecule has 0 N–H and O–H groups in total. The van der Waals surface area contributed by atoms with Gasteiger partial charge in [-0.3, -0.25) is 14.5 Å². The molecule has 5 nitrogen and oxygen atoms in total. The molecule has 0 aliphatic carbocycles. The SMILES string of the molecule is CCOc1ccc(CCN2C(=O)C(Cl)=C(c3ccc(Cl)cc3)C2=O)cc1OCC. The first-order chi connectivity index (χ1) is 14.0. The third-order valence-corrected chi connectivity index (χ3v) is 5.08. The lowest BCUT2D eigenvalue weighted by atomic mass is 10.1. The Morgan fingerprint density at radius 3 is 2.17 bits per heavy atom. The Morgan fingerprint density at radius 1 is 0.862 bits per heavy atom. The Kier molecular flexibility index (Phi) is 6.83. The monoisotopic (exact) mass is 433 g/mol. The van der Waals surface area contributed by atoms with E-state index in [2.05, 4.69) is 0 Å². The van der Waals surface area contributed by atoms with E-state index < -0.39 is 11.8 Å². The van der Waals surface area contributed by atoms with Crippen LogP contribution in [0.5, 0.6) is 11.5 Å². The van der Waals surface area contributed by atoms with Crippen LogP contribution in [0.2, 0.25) is 5.02 Å². The van der Waals surface area contributed by atoms with E-state index >= 15 is 0 Å². The van der Waals surface area contributed by atoms with Crippen LogP contribution < -0.4 is 9.47 Å². The highest BCUT2D eigenvalue weighted by molar-refractivity contribution is 6.55. The van der Waals surface area contributed by atoms with Gasteiger partial charge in [0.2, 0.25) is 0 Å². The summed E-state index contributed by atoms with van der Waals surface area (Å²) in [5, 5.41) is 0.471. The number of carbonyl (C=O) groups excluding carboxylic acids is 2. The maximum atomic E-state index is 12.8. The third-order valence-electron chi connectivity index (χ3n) is 4.48. The standard InChI is InChI=1S/C22H21Cl2NO4/c1-3-28-17-10-5-14(13-18(17)29-4-2)11-12-25-21(26)19(20(24)22(25)27)15-6-8-16(23)9-7-15/h5-10,13H,3-4,11-12H2,1-2H3. The van der Waals surface area contributed by atoms with Gasteiger partial charge in [0.25, 0.3) is 11.8 Å². The molecule has 0 atom stereocenters. The van der Waals surface area contributed by atoms with Crippen molar-refractivity contribution in [1.29, 1.82) is 0 Å². The number of halogens is 2. The molecule has 3 rings (SSSR count). The first-order valence-electron chi connectivity index (χ1n) is 9.36. The molecule has 0 unspecified atom stereocenters. The average molecular weight is 434 g/mol. The van der Waals surface area contributed by atoms with Gasteiger partial charge in [0.15, 0.2) is 11.5 Å². The number of rotatable bonds is 8. The molecule has 2 aromatic rings. The molecule has 0 fully saturated rings. The van der Waals surface area contributed by atoms with Crippen LogP contribution in [0.1, 0.15) is 25.0 Å². The van der Waals surface area contributed by atoms with Crippen LogP contribution in [0.25, 0.3) is 5.57 Å². The second-order valence-corrected chi connectivity index (χ2v) is 7.17. The van der Waals surface area contributed by atoms with Gasteiger partial charge in [-0.25, -0.2) is 0 Å². The highest BCUT2D eigenvalue weighted by atomic mass is 35.5. The van der Waals surface area contributed by atoms with Crippen molar-refractivity contribution in [2.75, 3.05) is 19.8 Å². The lowest BCUT2D eigenvalue weighted by molar-refractivity contribution is -0.136. The predicted molar refractivity (Wildman–Crippen MR) is 113 cm³/mol. The number of carbonyl (C=O) groups is 2. The fourth-order valence-corrected chi connectivity index (χ4v) is 3.53. The van der Waals surface area contributed by atoms with Gasteiger partial charge >= 0.3 is 0 Å². The summed E-state index contributed by atoms with van der Waals surface area (Å²) in [7, 11) is 0. The van der Waals surface area contributed by atoms with Gasteiger partial charge in [-0.05, 0) is 55.7 Å². The molecule has 0 radical (unpaired) electrons. The number of benzene rings is 2. The normalized spacial score (nSPS) is 14.0. The average Bonchev–Trinajstić information content (AvgIpc) is 2.92. The lowest BCUT2D eigenvalue weighted by Crippen LogP contribution is -2.33. The van der Waals surface area contributed by atoms with Gasteiger partial charge < -0.3 is 9.47 Å². The first-order valence-corrected chi connectivity index (χ1v) is 10.1. The molecular weight excluding hydrogens is 413 g/mol. The minimum atomic E-state index is -0.488. The number of hydrogen-bond acceptors (Lipinski definition) is 4. The molecule has 7 heteroatoms. The summed E-state index contributed by atoms with van der Waals surface area (Å²) in [4.78, 5) is 26.5. The topological polar surface area (TPSA) is 55.8 Å². The molecule has 2 aromatic carbocycles. The van der Waals surface area contributed by atoms with Crippen molar-refractivity contribution in [2.24, 2.45) is 0 Å². The maximum Gasteiger partial charge on any atom is 0.273 e. The minimum Gasteiger partial charge on any atom is -0.490 e. The van der Waals surface area contributed by atoms with E-state index in [9.17, 15) is 9.59 Å². The Hall–Kier alpha value is -2.50. The first kappa shape index (κ1) is 21.2. The zero-order valence-corrected chi connectivity index (χ0v) is 17.7. The smallest absolute Gasteiger partial charge is 0.273 e. The molecule has 1 aliphatic rings. The van der Waals surface area contributed by atoms with Crippen molar-refractivity contribution in [1.82, 2.24) is 4.90 Å². The Bertz CT molecular complexity index is 954. The van der Waals surface area contributed by atoms with Crippen molar-refractivity contribution < 1.29 is 19.1 Å². The molecule has 0 saturated carbocycles. The van der Waals surface area contributed by atoms with Crippen LogP contribution in [0.4, 0.5) is 0 Å². The summed E-state index contributed by atoms with van der Waals surface area (Å²) < 4.78 is 11.2. The molecule has 0 bridgehead atoms. The largest absolute Gasteiger partial charge is 0.490 e. The Labute approximate surface area is 179 Å². The summed E-state index contributed by atoms with van der Waals surface area (Å²) in [6.45, 7) is 5.06. The predicted octanol–water partition coefficient (Wildman–Crippen LogP) is 4.70. The Balaban J connectivity index is 1.75. The van der Waals surface area contributed by atoms with Gasteiger partial charge in [0.1, 0.15) is 5.03 Å². The third kappa shape index (κ3) is 4.57. The van der Waals surface area contributed by atoms with E-state index in [4.69, 9.17) is 32.7 Å². The van der Waals surface area contributed by atoms with E-state index in [-0.39, 0.29) is 17.2 Å². The fraction of sp³-hybridized carbons (Fsp3) is 0.273. The number of hydrogen-bond donors (Lipinski definition) is 0. The van der Waals surface area contributed by atoms with Crippen LogP contribution in [0.3, 0.4) is 0 Å². The van der Waals surface area contributed by atoms with Gasteiger partial charge in [-0.2, -0.15) is 0 Å². The summed E-state index contributed by atoms with van der Waals surface area (Å²) in [6, 6.07) is 12.3. The van der Waals surface area contributed by atoms with Crippen LogP contribution in [0.15, 0.2) is 47.5 Å². The highest BCUT2D eigenvalue weighted by Gasteiger charge is 2.37. The molecule has 152 valence electrons. The maximum absolute atomic E-state index is 12.8. The number of imide groups is 1. The van der Waals surface area contributed by atoms with Crippen LogP contribution in [0, 0.1) is 0 Å². The zero-order valence-electron chi connectivity index (χ0n) is 16.2. The second-order valence-electron chi connectivity index (χ2n) is 6.35. The van der Waals surface area contributed by atoms with Crippen LogP contribution in [-0.4, -0.2) is 36.5 Å². The zero-order chi connectivity index (χ0) is 21.0. The van der Waals surface area contributed by atoms with Crippen LogP contribution >= 0.6 is 23.2 Å². The van der Waals surface area contributed by atoms with E-state index in [0.29, 0.717) is 41.7 Å². The van der Waals surface area contributed by atoms with E-state index in [1.54, 1.807) is 24.3 Å². The van der Waals surface area contributed by atoms with Crippen molar-refractivity contribution in [3.63, 3.8) is 0 Å². The molecular formula is C22H21Cl2NO4. The van der Waals surface area contributed by atoms with Gasteiger partial charge in [0.05, 0.1) is 18.8 Å². The van der Waals surface area contributed by atoms with Crippen LogP contribution in [-0.2, 0) is 16.0 Å². The van der Waals surface area contributed by atoms with E-state index in [1.807, 2.05) is 32.0 Å². The van der Waals surface area contributed by atoms with Crippen molar-refractivity contribution in [2.45, 2.75) is 20.3 Å². The molecule has 1 aliphatic heterocycles. The summed E-state index contributed by atoms with van der Waals surface area (Å²) in [5.41, 5.74) is 1.70. The van der Waals surface area contributed by atoms with Crippen molar-refractivity contribution in [3.05, 3.63) is 63.6 Å². The molecule has 0 saturated heterocycles. The Morgan fingerprint density at radius 2 is 1.52 bits per heavy atom. The van der Waals surface area contributed by atoms with E-state index in [1.165, 1.54) is 4.90 Å². The minimum absolute atomic E-state index is 0.0704. The summed E-state index contributed by atoms with van der Waals surface area (Å²) in [5.74, 6) is 0.418. The van der Waals surface area contributed by atoms with Crippen molar-refractivity contribution in [3.8, 4) is 11.5 Å². The molecule has 1 heterocycles. The van der Waals surface area contributed by atoms with Gasteiger partial charge in [-0.1, -0.05) is 41.4 Å². The van der Waals surface area contributed by atoms with E-state index in [0.717, 1.165) is 5.56 Å². The number of amides is 2. The summed E-state index contributed by atoms with van der Waals surface area (Å²) >= 11 is 12.1. The number of nitrogens with zero attached hydrogens (tertiary/aromatic N) is 1. The van der Waals surface area contributed by atoms with Crippen molar-refractivity contribution >= 4 is 40.6 Å². The lowest BCUT2D eigenvalue weighted by Gasteiger charge is -2.16. The molecule has 29 heavy (non-hydrogen) atoms. The number of ether oxygens (including phenoxy) is 2. The molecule has 2 amide bonds. The molecule has 0 spiro atoms. The van der Waals surface area contributed by atoms with Gasteiger partial charge in [-0.15, -0.1) is 0 Å². The quantitative estimate of drug-likeness (QED) is 0.566. The molecule has 0 aromatic heterocycles. The highest BCUT2D eigenvalue weighted by Crippen LogP contribution is 2.33. The van der Waals surface area contributed by atoms with Gasteiger partial charge in [0, 0.05) is 11.6 Å². The summed E-state index contributed by atoms with van der Waals surface area (Å²) in [6.07, 6.45) is 0.474.